The van der Waals surface area contributed by atoms with E-state index in [0.717, 1.165) is 0 Å². The number of fused-ring (bicyclic) bond motifs is 1. The number of para-hydroxylation sites is 1. The number of aromatic nitrogens is 3. The van der Waals surface area contributed by atoms with E-state index < -0.39 is 6.04 Å². The Bertz CT molecular complexity index is 622. The number of hydrogen-bond donors (Lipinski definition) is 2. The highest BCUT2D eigenvalue weighted by atomic mass is 16.2. The molecule has 1 atom stereocenters. The Morgan fingerprint density at radius 3 is 2.95 bits per heavy atom. The second kappa shape index (κ2) is 4.52. The lowest BCUT2D eigenvalue weighted by Crippen LogP contribution is -2.35. The minimum absolute atomic E-state index is 0.0506. The normalized spacial score (nSPS) is 17.5. The van der Waals surface area contributed by atoms with Gasteiger partial charge in [0.15, 0.2) is 0 Å². The zero-order chi connectivity index (χ0) is 13.2. The average Bonchev–Trinajstić information content (AvgIpc) is 2.86. The monoisotopic (exact) mass is 257 g/mol. The summed E-state index contributed by atoms with van der Waals surface area (Å²) in [5.41, 5.74) is 0.681. The zero-order valence-electron chi connectivity index (χ0n) is 9.91. The Hall–Kier alpha value is -2.70. The van der Waals surface area contributed by atoms with E-state index in [4.69, 9.17) is 0 Å². The molecule has 0 fully saturated rings. The average molecular weight is 257 g/mol. The van der Waals surface area contributed by atoms with Gasteiger partial charge in [0.1, 0.15) is 12.4 Å². The van der Waals surface area contributed by atoms with Gasteiger partial charge in [-0.3, -0.25) is 14.9 Å². The summed E-state index contributed by atoms with van der Waals surface area (Å²) in [6.45, 7) is 0. The van der Waals surface area contributed by atoms with Gasteiger partial charge in [-0.05, 0) is 12.1 Å². The topological polar surface area (TPSA) is 88.9 Å². The first-order chi connectivity index (χ1) is 9.24. The Labute approximate surface area is 108 Å². The summed E-state index contributed by atoms with van der Waals surface area (Å²) in [5, 5.41) is 9.28. The maximum absolute atomic E-state index is 12.2. The van der Waals surface area contributed by atoms with Crippen LogP contribution in [0, 0.1) is 0 Å². The van der Waals surface area contributed by atoms with Gasteiger partial charge in [-0.25, -0.2) is 4.68 Å². The number of anilines is 2. The van der Waals surface area contributed by atoms with Crippen LogP contribution in [-0.4, -0.2) is 26.6 Å². The minimum atomic E-state index is -0.675. The molecular formula is C12H11N5O2. The quantitative estimate of drug-likeness (QED) is 0.832. The van der Waals surface area contributed by atoms with Crippen molar-refractivity contribution in [2.45, 2.75) is 12.5 Å². The molecular weight excluding hydrogens is 246 g/mol. The van der Waals surface area contributed by atoms with Gasteiger partial charge < -0.3 is 5.32 Å². The summed E-state index contributed by atoms with van der Waals surface area (Å²) >= 11 is 0. The summed E-state index contributed by atoms with van der Waals surface area (Å²) in [6, 6.07) is 8.39. The molecule has 2 heterocycles. The van der Waals surface area contributed by atoms with Crippen molar-refractivity contribution in [3.05, 3.63) is 36.7 Å². The van der Waals surface area contributed by atoms with E-state index >= 15 is 0 Å². The van der Waals surface area contributed by atoms with Gasteiger partial charge in [0.2, 0.25) is 17.8 Å². The first-order valence-corrected chi connectivity index (χ1v) is 5.79. The van der Waals surface area contributed by atoms with Crippen LogP contribution in [0.1, 0.15) is 12.5 Å². The smallest absolute Gasteiger partial charge is 0.249 e. The fourth-order valence-corrected chi connectivity index (χ4v) is 1.96. The number of rotatable bonds is 2. The van der Waals surface area contributed by atoms with Crippen molar-refractivity contribution >= 4 is 23.5 Å². The van der Waals surface area contributed by atoms with Crippen molar-refractivity contribution in [2.24, 2.45) is 0 Å². The van der Waals surface area contributed by atoms with E-state index in [2.05, 4.69) is 20.7 Å². The van der Waals surface area contributed by atoms with Crippen molar-refractivity contribution < 1.29 is 9.59 Å². The summed E-state index contributed by atoms with van der Waals surface area (Å²) in [6.07, 6.45) is 1.36. The van der Waals surface area contributed by atoms with Gasteiger partial charge in [-0.15, -0.1) is 0 Å². The number of amides is 2. The first kappa shape index (κ1) is 11.4. The second-order valence-electron chi connectivity index (χ2n) is 4.15. The van der Waals surface area contributed by atoms with E-state index in [1.54, 1.807) is 12.1 Å². The Kier molecular flexibility index (Phi) is 2.71. The number of nitrogens with zero attached hydrogens (tertiary/aromatic N) is 3. The molecule has 1 aliphatic heterocycles. The second-order valence-corrected chi connectivity index (χ2v) is 4.15. The lowest BCUT2D eigenvalue weighted by atomic mass is 10.1. The predicted molar refractivity (Wildman–Crippen MR) is 67.4 cm³/mol. The van der Waals surface area contributed by atoms with Crippen LogP contribution in [0.2, 0.25) is 0 Å². The highest BCUT2D eigenvalue weighted by Gasteiger charge is 2.31. The third-order valence-corrected chi connectivity index (χ3v) is 2.84. The number of carbonyl (C=O) groups excluding carboxylic acids is 2. The van der Waals surface area contributed by atoms with Crippen molar-refractivity contribution in [2.75, 3.05) is 10.6 Å². The minimum Gasteiger partial charge on any atom is -0.324 e. The summed E-state index contributed by atoms with van der Waals surface area (Å²) in [4.78, 5) is 27.6. The standard InChI is InChI=1S/C12H11N5O2/c18-10-6-9(17-12(16-10)13-7-14-17)11(19)15-8-4-2-1-3-5-8/h1-5,7,9H,6H2,(H,15,19)(H,13,14,16,18). The molecule has 0 aliphatic carbocycles. The van der Waals surface area contributed by atoms with E-state index in [0.29, 0.717) is 11.6 Å². The largest absolute Gasteiger partial charge is 0.324 e. The number of hydrogen-bond acceptors (Lipinski definition) is 4. The summed E-state index contributed by atoms with van der Waals surface area (Å²) in [7, 11) is 0. The zero-order valence-corrected chi connectivity index (χ0v) is 9.91. The Balaban J connectivity index is 1.83. The molecule has 3 rings (SSSR count). The molecule has 2 amide bonds. The van der Waals surface area contributed by atoms with E-state index in [1.165, 1.54) is 11.0 Å². The molecule has 0 spiro atoms. The molecule has 1 aromatic heterocycles. The maximum Gasteiger partial charge on any atom is 0.249 e. The molecule has 0 saturated heterocycles. The molecule has 1 aromatic carbocycles. The highest BCUT2D eigenvalue weighted by molar-refractivity contribution is 6.00. The SMILES string of the molecule is O=C1CC(C(=O)Nc2ccccc2)n2ncnc2N1. The van der Waals surface area contributed by atoms with Gasteiger partial charge in [-0.1, -0.05) is 18.2 Å². The van der Waals surface area contributed by atoms with E-state index in [1.807, 2.05) is 18.2 Å². The molecule has 0 radical (unpaired) electrons. The third-order valence-electron chi connectivity index (χ3n) is 2.84. The van der Waals surface area contributed by atoms with Gasteiger partial charge in [0.25, 0.3) is 0 Å². The molecule has 2 aromatic rings. The molecule has 96 valence electrons. The van der Waals surface area contributed by atoms with Gasteiger partial charge in [0, 0.05) is 5.69 Å². The Morgan fingerprint density at radius 2 is 2.16 bits per heavy atom. The third kappa shape index (κ3) is 2.17. The van der Waals surface area contributed by atoms with E-state index in [-0.39, 0.29) is 18.2 Å². The number of carbonyl (C=O) groups is 2. The van der Waals surface area contributed by atoms with Gasteiger partial charge in [0.05, 0.1) is 6.42 Å². The van der Waals surface area contributed by atoms with Gasteiger partial charge in [-0.2, -0.15) is 10.1 Å². The predicted octanol–water partition coefficient (Wildman–Crippen LogP) is 0.800. The van der Waals surface area contributed by atoms with Crippen LogP contribution < -0.4 is 10.6 Å². The summed E-state index contributed by atoms with van der Waals surface area (Å²) in [5.74, 6) is -0.231. The first-order valence-electron chi connectivity index (χ1n) is 5.79. The van der Waals surface area contributed by atoms with Crippen molar-refractivity contribution in [3.8, 4) is 0 Å². The highest BCUT2D eigenvalue weighted by Crippen LogP contribution is 2.22. The van der Waals surface area contributed by atoms with Crippen LogP contribution in [0.5, 0.6) is 0 Å². The van der Waals surface area contributed by atoms with Crippen LogP contribution in [0.25, 0.3) is 0 Å². The summed E-state index contributed by atoms with van der Waals surface area (Å²) < 4.78 is 1.42. The molecule has 0 saturated carbocycles. The van der Waals surface area contributed by atoms with E-state index in [9.17, 15) is 9.59 Å². The van der Waals surface area contributed by atoms with Crippen molar-refractivity contribution in [1.29, 1.82) is 0 Å². The lowest BCUT2D eigenvalue weighted by molar-refractivity contribution is -0.125. The fourth-order valence-electron chi connectivity index (χ4n) is 1.96. The van der Waals surface area contributed by atoms with Crippen LogP contribution in [0.3, 0.4) is 0 Å². The lowest BCUT2D eigenvalue weighted by Gasteiger charge is -2.22. The molecule has 2 N–H and O–H groups in total. The van der Waals surface area contributed by atoms with Crippen molar-refractivity contribution in [1.82, 2.24) is 14.8 Å². The van der Waals surface area contributed by atoms with Crippen molar-refractivity contribution in [3.63, 3.8) is 0 Å². The maximum atomic E-state index is 12.2. The molecule has 7 nitrogen and oxygen atoms in total. The van der Waals surface area contributed by atoms with Crippen LogP contribution >= 0.6 is 0 Å². The molecule has 0 bridgehead atoms. The molecule has 1 aliphatic rings. The number of benzene rings is 1. The molecule has 1 unspecified atom stereocenters. The van der Waals surface area contributed by atoms with Gasteiger partial charge >= 0.3 is 0 Å². The van der Waals surface area contributed by atoms with Crippen LogP contribution in [0.15, 0.2) is 36.7 Å². The molecule has 7 heteroatoms. The van der Waals surface area contributed by atoms with Crippen LogP contribution in [0.4, 0.5) is 11.6 Å². The Morgan fingerprint density at radius 1 is 1.37 bits per heavy atom. The number of nitrogens with one attached hydrogen (secondary N) is 2. The molecule has 19 heavy (non-hydrogen) atoms. The fraction of sp³-hybridized carbons (Fsp3) is 0.167. The van der Waals surface area contributed by atoms with Crippen LogP contribution in [-0.2, 0) is 9.59 Å².